The molecule has 1 amide bonds. The zero-order chi connectivity index (χ0) is 24.2. The number of thioether (sulfide) groups is 1. The van der Waals surface area contributed by atoms with Crippen molar-refractivity contribution in [3.63, 3.8) is 0 Å². The zero-order valence-electron chi connectivity index (χ0n) is 19.9. The molecule has 2 heterocycles. The molecule has 3 aromatic rings. The van der Waals surface area contributed by atoms with E-state index in [1.54, 1.807) is 0 Å². The summed E-state index contributed by atoms with van der Waals surface area (Å²) in [6.45, 7) is 3.58. The van der Waals surface area contributed by atoms with Gasteiger partial charge in [-0.15, -0.1) is 11.8 Å². The van der Waals surface area contributed by atoms with Crippen molar-refractivity contribution in [3.8, 4) is 0 Å². The Morgan fingerprint density at radius 3 is 2.63 bits per heavy atom. The molecular weight excluding hydrogens is 476 g/mol. The van der Waals surface area contributed by atoms with Crippen LogP contribution in [0.15, 0.2) is 71.3 Å². The fourth-order valence-corrected chi connectivity index (χ4v) is 6.22. The molecule has 180 valence electrons. The van der Waals surface area contributed by atoms with Gasteiger partial charge in [0.1, 0.15) is 0 Å². The number of hydrogen-bond donors (Lipinski definition) is 0. The Balaban J connectivity index is 1.53. The van der Waals surface area contributed by atoms with Crippen LogP contribution in [-0.2, 0) is 23.3 Å². The second kappa shape index (κ2) is 10.9. The number of benzene rings is 2. The molecule has 1 aliphatic heterocycles. The number of piperidine rings is 1. The summed E-state index contributed by atoms with van der Waals surface area (Å²) in [7, 11) is 0. The molecule has 0 spiro atoms. The average Bonchev–Trinajstić information content (AvgIpc) is 3.05. The topological polar surface area (TPSA) is 42.4 Å². The largest absolute Gasteiger partial charge is 0.450 e. The van der Waals surface area contributed by atoms with E-state index in [4.69, 9.17) is 21.3 Å². The number of aromatic nitrogens is 1. The minimum Gasteiger partial charge on any atom is -0.450 e. The van der Waals surface area contributed by atoms with E-state index in [-0.39, 0.29) is 6.09 Å². The summed E-state index contributed by atoms with van der Waals surface area (Å²) >= 11 is 8.29. The lowest BCUT2D eigenvalue weighted by Gasteiger charge is -2.29. The van der Waals surface area contributed by atoms with Gasteiger partial charge in [-0.25, -0.2) is 4.79 Å². The van der Waals surface area contributed by atoms with Gasteiger partial charge in [0.25, 0.3) is 0 Å². The molecule has 0 saturated carbocycles. The summed E-state index contributed by atoms with van der Waals surface area (Å²) in [6.07, 6.45) is 5.22. The van der Waals surface area contributed by atoms with E-state index in [2.05, 4.69) is 48.5 Å². The zero-order valence-corrected chi connectivity index (χ0v) is 21.5. The molecule has 6 heteroatoms. The first kappa shape index (κ1) is 24.0. The summed E-state index contributed by atoms with van der Waals surface area (Å²) in [5, 5.41) is 0.767. The molecule has 0 radical (unpaired) electrons. The Morgan fingerprint density at radius 1 is 1.06 bits per heavy atom. The fourth-order valence-electron chi connectivity index (χ4n) is 4.98. The van der Waals surface area contributed by atoms with Crippen molar-refractivity contribution < 1.29 is 9.53 Å². The van der Waals surface area contributed by atoms with Crippen LogP contribution >= 0.6 is 23.4 Å². The number of hydrogen-bond acceptors (Lipinski definition) is 4. The highest BCUT2D eigenvalue weighted by Crippen LogP contribution is 2.41. The third-order valence-electron chi connectivity index (χ3n) is 6.71. The molecule has 35 heavy (non-hydrogen) atoms. The minimum atomic E-state index is -0.220. The van der Waals surface area contributed by atoms with Crippen molar-refractivity contribution in [3.05, 3.63) is 99.3 Å². The molecule has 2 aromatic carbocycles. The first-order valence-electron chi connectivity index (χ1n) is 12.2. The number of amides is 1. The Morgan fingerprint density at radius 2 is 1.86 bits per heavy atom. The predicted octanol–water partition coefficient (Wildman–Crippen LogP) is 7.18. The number of ether oxygens (including phenoxy) is 1. The normalized spacial score (nSPS) is 15.3. The van der Waals surface area contributed by atoms with Gasteiger partial charge in [0.2, 0.25) is 0 Å². The van der Waals surface area contributed by atoms with Gasteiger partial charge in [0, 0.05) is 40.5 Å². The van der Waals surface area contributed by atoms with Gasteiger partial charge in [-0.2, -0.15) is 0 Å². The van der Waals surface area contributed by atoms with E-state index in [0.717, 1.165) is 42.2 Å². The maximum absolute atomic E-state index is 12.3. The average molecular weight is 505 g/mol. The molecule has 0 N–H and O–H groups in total. The molecule has 1 fully saturated rings. The molecule has 0 bridgehead atoms. The van der Waals surface area contributed by atoms with Gasteiger partial charge >= 0.3 is 6.09 Å². The van der Waals surface area contributed by atoms with Crippen molar-refractivity contribution >= 4 is 35.0 Å². The highest BCUT2D eigenvalue weighted by molar-refractivity contribution is 7.98. The Kier molecular flexibility index (Phi) is 7.45. The van der Waals surface area contributed by atoms with Crippen LogP contribution in [0.5, 0.6) is 0 Å². The lowest BCUT2D eigenvalue weighted by Crippen LogP contribution is -2.37. The van der Waals surface area contributed by atoms with Crippen LogP contribution in [0.4, 0.5) is 4.79 Å². The van der Waals surface area contributed by atoms with Crippen LogP contribution in [0.25, 0.3) is 5.57 Å². The van der Waals surface area contributed by atoms with Crippen LogP contribution in [0, 0.1) is 0 Å². The van der Waals surface area contributed by atoms with E-state index in [9.17, 15) is 4.79 Å². The van der Waals surface area contributed by atoms with E-state index < -0.39 is 0 Å². The number of likely N-dealkylation sites (tertiary alicyclic amines) is 1. The van der Waals surface area contributed by atoms with Crippen molar-refractivity contribution in [2.45, 2.75) is 43.3 Å². The van der Waals surface area contributed by atoms with Gasteiger partial charge in [0.05, 0.1) is 12.3 Å². The van der Waals surface area contributed by atoms with E-state index in [0.29, 0.717) is 19.7 Å². The first-order chi connectivity index (χ1) is 17.1. The molecule has 5 rings (SSSR count). The Hall–Kier alpha value is -2.76. The molecule has 1 aromatic heterocycles. The van der Waals surface area contributed by atoms with Gasteiger partial charge in [-0.3, -0.25) is 4.98 Å². The molecular formula is C29H29ClN2O2S. The van der Waals surface area contributed by atoms with Crippen molar-refractivity contribution in [1.29, 1.82) is 0 Å². The number of rotatable bonds is 4. The van der Waals surface area contributed by atoms with Crippen LogP contribution in [-0.4, -0.2) is 35.7 Å². The smallest absolute Gasteiger partial charge is 0.409 e. The molecule has 1 aliphatic carbocycles. The highest BCUT2D eigenvalue weighted by atomic mass is 35.5. The van der Waals surface area contributed by atoms with Crippen molar-refractivity contribution in [2.24, 2.45) is 0 Å². The summed E-state index contributed by atoms with van der Waals surface area (Å²) in [5.41, 5.74) is 8.80. The van der Waals surface area contributed by atoms with Gasteiger partial charge in [0.15, 0.2) is 0 Å². The van der Waals surface area contributed by atoms with E-state index in [1.165, 1.54) is 38.3 Å². The quantitative estimate of drug-likeness (QED) is 0.353. The second-order valence-electron chi connectivity index (χ2n) is 8.88. The number of pyridine rings is 1. The predicted molar refractivity (Wildman–Crippen MR) is 143 cm³/mol. The van der Waals surface area contributed by atoms with Gasteiger partial charge in [-0.1, -0.05) is 53.6 Å². The number of carbonyl (C=O) groups excluding carboxylic acids is 1. The van der Waals surface area contributed by atoms with Crippen molar-refractivity contribution in [1.82, 2.24) is 9.88 Å². The van der Waals surface area contributed by atoms with E-state index >= 15 is 0 Å². The summed E-state index contributed by atoms with van der Waals surface area (Å²) in [5.74, 6) is 0.927. The first-order valence-corrected chi connectivity index (χ1v) is 13.6. The Labute approximate surface area is 216 Å². The standard InChI is InChI=1S/C29H29ClN2O2S/c1-2-34-29(33)32-16-13-21(14-17-32)27-24-11-9-23(30)18-22(24)8-10-25-26(12-15-31-28(25)27)35-19-20-6-4-3-5-7-20/h3-7,9,11-12,15,18H,2,8,10,13-14,16-17,19H2,1H3. The van der Waals surface area contributed by atoms with Crippen LogP contribution < -0.4 is 0 Å². The monoisotopic (exact) mass is 504 g/mol. The SMILES string of the molecule is CCOC(=O)N1CCC(=C2c3ccc(Cl)cc3CCc3c(SCc4ccccc4)ccnc32)CC1. The van der Waals surface area contributed by atoms with Gasteiger partial charge < -0.3 is 9.64 Å². The molecule has 2 aliphatic rings. The number of aryl methyl sites for hydroxylation is 1. The number of halogens is 1. The fraction of sp³-hybridized carbons (Fsp3) is 0.310. The molecule has 0 unspecified atom stereocenters. The third kappa shape index (κ3) is 5.26. The minimum absolute atomic E-state index is 0.220. The van der Waals surface area contributed by atoms with E-state index in [1.807, 2.05) is 35.8 Å². The molecule has 1 saturated heterocycles. The lowest BCUT2D eigenvalue weighted by molar-refractivity contribution is 0.104. The van der Waals surface area contributed by atoms with Crippen LogP contribution in [0.3, 0.4) is 0 Å². The lowest BCUT2D eigenvalue weighted by atomic mass is 9.88. The highest BCUT2D eigenvalue weighted by Gasteiger charge is 2.28. The third-order valence-corrected chi connectivity index (χ3v) is 8.12. The maximum Gasteiger partial charge on any atom is 0.409 e. The number of fused-ring (bicyclic) bond motifs is 2. The Bertz CT molecular complexity index is 1250. The van der Waals surface area contributed by atoms with Crippen molar-refractivity contribution in [2.75, 3.05) is 19.7 Å². The number of carbonyl (C=O) groups is 1. The van der Waals surface area contributed by atoms with Gasteiger partial charge in [-0.05, 0) is 73.1 Å². The summed E-state index contributed by atoms with van der Waals surface area (Å²) < 4.78 is 5.23. The van der Waals surface area contributed by atoms with Crippen LogP contribution in [0.2, 0.25) is 5.02 Å². The molecule has 0 atom stereocenters. The number of nitrogens with zero attached hydrogens (tertiary/aromatic N) is 2. The summed E-state index contributed by atoms with van der Waals surface area (Å²) in [4.78, 5) is 20.3. The van der Waals surface area contributed by atoms with Crippen LogP contribution in [0.1, 0.15) is 47.7 Å². The molecule has 4 nitrogen and oxygen atoms in total. The maximum atomic E-state index is 12.3. The second-order valence-corrected chi connectivity index (χ2v) is 10.3. The summed E-state index contributed by atoms with van der Waals surface area (Å²) in [6, 6.07) is 19.0.